The Balaban J connectivity index is 1.88. The summed E-state index contributed by atoms with van der Waals surface area (Å²) in [5.41, 5.74) is -1.53. The van der Waals surface area contributed by atoms with Crippen molar-refractivity contribution in [2.45, 2.75) is 18.7 Å². The molecule has 0 saturated carbocycles. The SMILES string of the molecule is O=C(NCCC(O)c1cccs1)C(=O)Nc1ccccc1C(F)(F)F. The fraction of sp³-hybridized carbons (Fsp3) is 0.250. The highest BCUT2D eigenvalue weighted by molar-refractivity contribution is 7.10. The number of para-hydroxylation sites is 1. The number of thiophene rings is 1. The molecule has 1 aromatic heterocycles. The van der Waals surface area contributed by atoms with E-state index in [4.69, 9.17) is 0 Å². The van der Waals surface area contributed by atoms with Crippen molar-refractivity contribution in [3.8, 4) is 0 Å². The summed E-state index contributed by atoms with van der Waals surface area (Å²) < 4.78 is 38.5. The average molecular weight is 372 g/mol. The third-order valence-electron chi connectivity index (χ3n) is 3.26. The smallest absolute Gasteiger partial charge is 0.388 e. The second-order valence-electron chi connectivity index (χ2n) is 5.07. The summed E-state index contributed by atoms with van der Waals surface area (Å²) in [7, 11) is 0. The van der Waals surface area contributed by atoms with Crippen molar-refractivity contribution in [3.63, 3.8) is 0 Å². The van der Waals surface area contributed by atoms with E-state index in [1.807, 2.05) is 5.32 Å². The van der Waals surface area contributed by atoms with Crippen LogP contribution in [0.1, 0.15) is 23.0 Å². The summed E-state index contributed by atoms with van der Waals surface area (Å²) in [4.78, 5) is 24.2. The molecule has 1 unspecified atom stereocenters. The number of nitrogens with one attached hydrogen (secondary N) is 2. The lowest BCUT2D eigenvalue weighted by Gasteiger charge is -2.13. The summed E-state index contributed by atoms with van der Waals surface area (Å²) in [6.07, 6.45) is -5.25. The Labute approximate surface area is 145 Å². The van der Waals surface area contributed by atoms with E-state index in [1.165, 1.54) is 23.5 Å². The molecule has 0 radical (unpaired) electrons. The second-order valence-corrected chi connectivity index (χ2v) is 6.05. The first-order chi connectivity index (χ1) is 11.8. The molecule has 0 spiro atoms. The normalized spacial score (nSPS) is 12.5. The summed E-state index contributed by atoms with van der Waals surface area (Å²) >= 11 is 1.35. The van der Waals surface area contributed by atoms with E-state index < -0.39 is 35.3 Å². The lowest BCUT2D eigenvalue weighted by molar-refractivity contribution is -0.138. The van der Waals surface area contributed by atoms with Crippen LogP contribution in [0.3, 0.4) is 0 Å². The van der Waals surface area contributed by atoms with Crippen molar-refractivity contribution in [2.75, 3.05) is 11.9 Å². The van der Waals surface area contributed by atoms with E-state index >= 15 is 0 Å². The van der Waals surface area contributed by atoms with Gasteiger partial charge >= 0.3 is 18.0 Å². The van der Waals surface area contributed by atoms with Crippen LogP contribution in [0.15, 0.2) is 41.8 Å². The lowest BCUT2D eigenvalue weighted by atomic mass is 10.1. The molecule has 1 atom stereocenters. The maximum Gasteiger partial charge on any atom is 0.418 e. The standard InChI is InChI=1S/C16H15F3N2O3S/c17-16(18,19)10-4-1-2-5-11(10)21-15(24)14(23)20-8-7-12(22)13-6-3-9-25-13/h1-6,9,12,22H,7-8H2,(H,20,23)(H,21,24). The molecule has 2 aromatic rings. The predicted octanol–water partition coefficient (Wildman–Crippen LogP) is 2.95. The monoisotopic (exact) mass is 372 g/mol. The van der Waals surface area contributed by atoms with Crippen molar-refractivity contribution < 1.29 is 27.9 Å². The summed E-state index contributed by atoms with van der Waals surface area (Å²) in [6, 6.07) is 7.88. The highest BCUT2D eigenvalue weighted by atomic mass is 32.1. The quantitative estimate of drug-likeness (QED) is 0.706. The molecule has 9 heteroatoms. The molecule has 0 aliphatic carbocycles. The molecule has 3 N–H and O–H groups in total. The minimum absolute atomic E-state index is 0.00619. The topological polar surface area (TPSA) is 78.4 Å². The van der Waals surface area contributed by atoms with Gasteiger partial charge in [-0.15, -0.1) is 11.3 Å². The first kappa shape index (κ1) is 18.9. The number of amides is 2. The fourth-order valence-corrected chi connectivity index (χ4v) is 2.79. The van der Waals surface area contributed by atoms with Crippen molar-refractivity contribution >= 4 is 28.8 Å². The zero-order valence-corrected chi connectivity index (χ0v) is 13.7. The molecule has 1 heterocycles. The largest absolute Gasteiger partial charge is 0.418 e. The number of anilines is 1. The van der Waals surface area contributed by atoms with Gasteiger partial charge in [0, 0.05) is 11.4 Å². The van der Waals surface area contributed by atoms with Crippen molar-refractivity contribution in [1.29, 1.82) is 0 Å². The molecule has 0 bridgehead atoms. The number of alkyl halides is 3. The lowest BCUT2D eigenvalue weighted by Crippen LogP contribution is -2.36. The highest BCUT2D eigenvalue weighted by Gasteiger charge is 2.34. The summed E-state index contributed by atoms with van der Waals surface area (Å²) in [5.74, 6) is -2.28. The number of halogens is 3. The van der Waals surface area contributed by atoms with Gasteiger partial charge in [-0.25, -0.2) is 0 Å². The number of benzene rings is 1. The van der Waals surface area contributed by atoms with E-state index in [0.717, 1.165) is 17.0 Å². The van der Waals surface area contributed by atoms with Gasteiger partial charge in [-0.05, 0) is 30.0 Å². The predicted molar refractivity (Wildman–Crippen MR) is 87.0 cm³/mol. The Morgan fingerprint density at radius 3 is 2.48 bits per heavy atom. The van der Waals surface area contributed by atoms with E-state index in [-0.39, 0.29) is 13.0 Å². The Morgan fingerprint density at radius 1 is 1.12 bits per heavy atom. The van der Waals surface area contributed by atoms with Crippen LogP contribution in [0.2, 0.25) is 0 Å². The molecule has 0 saturated heterocycles. The van der Waals surface area contributed by atoms with Gasteiger partial charge in [0.1, 0.15) is 0 Å². The molecule has 0 aliphatic rings. The molecule has 2 amide bonds. The second kappa shape index (κ2) is 8.13. The number of hydrogen-bond acceptors (Lipinski definition) is 4. The molecule has 2 rings (SSSR count). The number of hydrogen-bond donors (Lipinski definition) is 3. The van der Waals surface area contributed by atoms with Gasteiger partial charge in [0.05, 0.1) is 17.4 Å². The van der Waals surface area contributed by atoms with Crippen molar-refractivity contribution in [3.05, 3.63) is 52.2 Å². The van der Waals surface area contributed by atoms with Gasteiger partial charge in [0.2, 0.25) is 0 Å². The third kappa shape index (κ3) is 5.30. The number of rotatable bonds is 5. The van der Waals surface area contributed by atoms with Crippen molar-refractivity contribution in [2.24, 2.45) is 0 Å². The van der Waals surface area contributed by atoms with E-state index in [2.05, 4.69) is 5.32 Å². The van der Waals surface area contributed by atoms with E-state index in [1.54, 1.807) is 17.5 Å². The zero-order chi connectivity index (χ0) is 18.4. The zero-order valence-electron chi connectivity index (χ0n) is 12.8. The van der Waals surface area contributed by atoms with E-state index in [9.17, 15) is 27.9 Å². The summed E-state index contributed by atoms with van der Waals surface area (Å²) in [5, 5.41) is 15.9. The van der Waals surface area contributed by atoms with Gasteiger partial charge in [-0.1, -0.05) is 18.2 Å². The first-order valence-corrected chi connectivity index (χ1v) is 8.14. The van der Waals surface area contributed by atoms with Crippen LogP contribution < -0.4 is 10.6 Å². The minimum atomic E-state index is -4.65. The Hall–Kier alpha value is -2.39. The van der Waals surface area contributed by atoms with Crippen LogP contribution in [0.5, 0.6) is 0 Å². The number of carbonyl (C=O) groups is 2. The van der Waals surface area contributed by atoms with Crippen LogP contribution in [0.4, 0.5) is 18.9 Å². The number of carbonyl (C=O) groups excluding carboxylic acids is 2. The molecule has 1 aromatic carbocycles. The summed E-state index contributed by atoms with van der Waals surface area (Å²) in [6.45, 7) is 0.00619. The number of aliphatic hydroxyl groups excluding tert-OH is 1. The Morgan fingerprint density at radius 2 is 1.84 bits per heavy atom. The molecule has 0 fully saturated rings. The van der Waals surface area contributed by atoms with Gasteiger partial charge in [-0.3, -0.25) is 9.59 Å². The van der Waals surface area contributed by atoms with Gasteiger partial charge in [0.15, 0.2) is 0 Å². The van der Waals surface area contributed by atoms with Crippen LogP contribution in [0.25, 0.3) is 0 Å². The maximum atomic E-state index is 12.8. The van der Waals surface area contributed by atoms with Crippen LogP contribution in [-0.2, 0) is 15.8 Å². The van der Waals surface area contributed by atoms with Crippen molar-refractivity contribution in [1.82, 2.24) is 5.32 Å². The van der Waals surface area contributed by atoms with Gasteiger partial charge in [0.25, 0.3) is 0 Å². The van der Waals surface area contributed by atoms with Crippen LogP contribution in [-0.4, -0.2) is 23.5 Å². The number of aliphatic hydroxyl groups is 1. The van der Waals surface area contributed by atoms with Gasteiger partial charge < -0.3 is 15.7 Å². The third-order valence-corrected chi connectivity index (χ3v) is 4.24. The molecular formula is C16H15F3N2O3S. The van der Waals surface area contributed by atoms with Crippen LogP contribution >= 0.6 is 11.3 Å². The molecular weight excluding hydrogens is 357 g/mol. The Kier molecular flexibility index (Phi) is 6.16. The molecule has 134 valence electrons. The first-order valence-electron chi connectivity index (χ1n) is 7.26. The van der Waals surface area contributed by atoms with Gasteiger partial charge in [-0.2, -0.15) is 13.2 Å². The maximum absolute atomic E-state index is 12.8. The molecule has 25 heavy (non-hydrogen) atoms. The Bertz CT molecular complexity index is 732. The molecule has 0 aliphatic heterocycles. The van der Waals surface area contributed by atoms with Crippen LogP contribution in [0, 0.1) is 0 Å². The average Bonchev–Trinajstić information content (AvgIpc) is 3.08. The van der Waals surface area contributed by atoms with E-state index in [0.29, 0.717) is 0 Å². The molecule has 5 nitrogen and oxygen atoms in total. The minimum Gasteiger partial charge on any atom is -0.388 e. The fourth-order valence-electron chi connectivity index (χ4n) is 2.04. The highest BCUT2D eigenvalue weighted by Crippen LogP contribution is 2.34.